The van der Waals surface area contributed by atoms with E-state index in [0.717, 1.165) is 16.4 Å². The summed E-state index contributed by atoms with van der Waals surface area (Å²) in [6.07, 6.45) is -1.79. The average molecular weight is 433 g/mol. The van der Waals surface area contributed by atoms with E-state index in [9.17, 15) is 21.6 Å². The molecule has 2 heterocycles. The number of benzene rings is 1. The fraction of sp³-hybridized carbons (Fsp3) is 0.412. The van der Waals surface area contributed by atoms with E-state index < -0.39 is 33.1 Å². The van der Waals surface area contributed by atoms with Crippen LogP contribution < -0.4 is 14.2 Å². The molecule has 0 radical (unpaired) electrons. The van der Waals surface area contributed by atoms with E-state index in [-0.39, 0.29) is 24.8 Å². The molecule has 1 aliphatic heterocycles. The molecule has 1 saturated heterocycles. The summed E-state index contributed by atoms with van der Waals surface area (Å²) in [5.41, 5.74) is 0. The second kappa shape index (κ2) is 8.41. The molecule has 1 aromatic heterocycles. The van der Waals surface area contributed by atoms with E-state index >= 15 is 0 Å². The lowest BCUT2D eigenvalue weighted by Crippen LogP contribution is -2.44. The van der Waals surface area contributed by atoms with Crippen molar-refractivity contribution in [3.63, 3.8) is 0 Å². The summed E-state index contributed by atoms with van der Waals surface area (Å²) in [4.78, 5) is 7.42. The Balaban J connectivity index is 1.79. The highest BCUT2D eigenvalue weighted by Gasteiger charge is 2.37. The van der Waals surface area contributed by atoms with Crippen molar-refractivity contribution in [3.8, 4) is 17.5 Å². The van der Waals surface area contributed by atoms with Gasteiger partial charge < -0.3 is 14.2 Å². The van der Waals surface area contributed by atoms with Gasteiger partial charge in [-0.25, -0.2) is 8.42 Å². The number of halogens is 3. The minimum atomic E-state index is -5.01. The van der Waals surface area contributed by atoms with Gasteiger partial charge in [-0.1, -0.05) is 12.1 Å². The Morgan fingerprint density at radius 1 is 1.17 bits per heavy atom. The zero-order valence-electron chi connectivity index (χ0n) is 15.3. The van der Waals surface area contributed by atoms with Gasteiger partial charge in [-0.05, 0) is 25.0 Å². The maximum atomic E-state index is 13.0. The molecule has 0 aliphatic carbocycles. The molecule has 0 spiro atoms. The second-order valence-corrected chi connectivity index (χ2v) is 8.05. The maximum Gasteiger partial charge on any atom is 0.573 e. The molecule has 0 saturated carbocycles. The van der Waals surface area contributed by atoms with Crippen LogP contribution in [-0.2, 0) is 10.0 Å². The van der Waals surface area contributed by atoms with Crippen molar-refractivity contribution in [2.24, 2.45) is 0 Å². The van der Waals surface area contributed by atoms with E-state index in [4.69, 9.17) is 9.47 Å². The van der Waals surface area contributed by atoms with E-state index in [2.05, 4.69) is 14.7 Å². The molecule has 0 N–H and O–H groups in total. The highest BCUT2D eigenvalue weighted by molar-refractivity contribution is 7.89. The number of alkyl halides is 3. The van der Waals surface area contributed by atoms with Gasteiger partial charge in [0.1, 0.15) is 16.7 Å². The van der Waals surface area contributed by atoms with Gasteiger partial charge in [0.2, 0.25) is 21.8 Å². The molecule has 12 heteroatoms. The van der Waals surface area contributed by atoms with Crippen molar-refractivity contribution in [1.82, 2.24) is 14.3 Å². The Kier molecular flexibility index (Phi) is 6.13. The first-order valence-corrected chi connectivity index (χ1v) is 10.0. The minimum absolute atomic E-state index is 0.0540. The van der Waals surface area contributed by atoms with Crippen molar-refractivity contribution in [2.45, 2.75) is 30.2 Å². The molecule has 1 unspecified atom stereocenters. The van der Waals surface area contributed by atoms with E-state index in [1.807, 2.05) is 0 Å². The smallest absolute Gasteiger partial charge is 0.480 e. The molecule has 0 bridgehead atoms. The van der Waals surface area contributed by atoms with Gasteiger partial charge in [-0.2, -0.15) is 9.29 Å². The number of piperidine rings is 1. The number of sulfonamides is 1. The number of aromatic nitrogens is 2. The third-order valence-corrected chi connectivity index (χ3v) is 6.03. The van der Waals surface area contributed by atoms with Crippen LogP contribution in [0.4, 0.5) is 13.2 Å². The van der Waals surface area contributed by atoms with Crippen molar-refractivity contribution in [3.05, 3.63) is 36.7 Å². The van der Waals surface area contributed by atoms with Crippen LogP contribution in [-0.4, -0.2) is 55.4 Å². The molecule has 1 fully saturated rings. The number of rotatable bonds is 6. The molecular weight excluding hydrogens is 415 g/mol. The van der Waals surface area contributed by atoms with Gasteiger partial charge in [0.25, 0.3) is 0 Å². The lowest BCUT2D eigenvalue weighted by molar-refractivity contribution is -0.275. The van der Waals surface area contributed by atoms with Gasteiger partial charge in [0, 0.05) is 6.54 Å². The zero-order chi connectivity index (χ0) is 21.1. The molecule has 0 amide bonds. The normalized spacial score (nSPS) is 18.3. The molecule has 8 nitrogen and oxygen atoms in total. The standard InChI is InChI=1S/C17H18F3N3O5S/c1-26-15-9-21-10-16(22-15)27-12-5-4-8-23(11-12)29(24,25)14-7-3-2-6-13(14)28-17(18,19)20/h2-3,6-7,9-10,12H,4-5,8,11H2,1H3. The van der Waals surface area contributed by atoms with Crippen LogP contribution in [0, 0.1) is 0 Å². The monoisotopic (exact) mass is 433 g/mol. The minimum Gasteiger partial charge on any atom is -0.480 e. The van der Waals surface area contributed by atoms with Crippen molar-refractivity contribution in [2.75, 3.05) is 20.2 Å². The van der Waals surface area contributed by atoms with Crippen molar-refractivity contribution < 1.29 is 35.8 Å². The number of hydrogen-bond acceptors (Lipinski definition) is 7. The Hall–Kier alpha value is -2.60. The highest BCUT2D eigenvalue weighted by Crippen LogP contribution is 2.32. The van der Waals surface area contributed by atoms with Gasteiger partial charge in [-0.15, -0.1) is 13.2 Å². The number of hydrogen-bond donors (Lipinski definition) is 0. The molecule has 2 aromatic rings. The molecule has 1 aliphatic rings. The zero-order valence-corrected chi connectivity index (χ0v) is 16.1. The number of para-hydroxylation sites is 1. The maximum absolute atomic E-state index is 13.0. The van der Waals surface area contributed by atoms with Gasteiger partial charge in [-0.3, -0.25) is 4.98 Å². The topological polar surface area (TPSA) is 90.9 Å². The average Bonchev–Trinajstić information content (AvgIpc) is 2.67. The van der Waals surface area contributed by atoms with Crippen LogP contribution in [0.1, 0.15) is 12.8 Å². The van der Waals surface area contributed by atoms with E-state index in [0.29, 0.717) is 12.8 Å². The number of methoxy groups -OCH3 is 1. The van der Waals surface area contributed by atoms with Gasteiger partial charge in [0.15, 0.2) is 0 Å². The second-order valence-electron chi connectivity index (χ2n) is 6.14. The fourth-order valence-electron chi connectivity index (χ4n) is 2.89. The van der Waals surface area contributed by atoms with E-state index in [1.54, 1.807) is 0 Å². The number of ether oxygens (including phenoxy) is 3. The Labute approximate surface area is 165 Å². The highest BCUT2D eigenvalue weighted by atomic mass is 32.2. The first-order valence-electron chi connectivity index (χ1n) is 8.56. The van der Waals surface area contributed by atoms with Gasteiger partial charge >= 0.3 is 6.36 Å². The van der Waals surface area contributed by atoms with E-state index in [1.165, 1.54) is 31.6 Å². The third kappa shape index (κ3) is 5.26. The predicted molar refractivity (Wildman–Crippen MR) is 94.1 cm³/mol. The van der Waals surface area contributed by atoms with Crippen molar-refractivity contribution >= 4 is 10.0 Å². The Bertz CT molecular complexity index is 955. The first kappa shape index (κ1) is 21.1. The van der Waals surface area contributed by atoms with Gasteiger partial charge in [0.05, 0.1) is 26.0 Å². The summed E-state index contributed by atoms with van der Waals surface area (Å²) >= 11 is 0. The van der Waals surface area contributed by atoms with Crippen LogP contribution in [0.3, 0.4) is 0 Å². The van der Waals surface area contributed by atoms with Crippen LogP contribution >= 0.6 is 0 Å². The number of nitrogens with zero attached hydrogens (tertiary/aromatic N) is 3. The molecule has 158 valence electrons. The summed E-state index contributed by atoms with van der Waals surface area (Å²) in [5, 5.41) is 0. The lowest BCUT2D eigenvalue weighted by Gasteiger charge is -2.32. The quantitative estimate of drug-likeness (QED) is 0.692. The summed E-state index contributed by atoms with van der Waals surface area (Å²) in [7, 11) is -2.82. The molecule has 1 aromatic carbocycles. The lowest BCUT2D eigenvalue weighted by atomic mass is 10.1. The van der Waals surface area contributed by atoms with Crippen LogP contribution in [0.5, 0.6) is 17.5 Å². The van der Waals surface area contributed by atoms with Crippen molar-refractivity contribution in [1.29, 1.82) is 0 Å². The Morgan fingerprint density at radius 2 is 1.90 bits per heavy atom. The van der Waals surface area contributed by atoms with Crippen LogP contribution in [0.15, 0.2) is 41.6 Å². The van der Waals surface area contributed by atoms with Crippen LogP contribution in [0.25, 0.3) is 0 Å². The predicted octanol–water partition coefficient (Wildman–Crippen LogP) is 2.62. The summed E-state index contributed by atoms with van der Waals surface area (Å²) in [5.74, 6) is -0.378. The Morgan fingerprint density at radius 3 is 2.62 bits per heavy atom. The first-order chi connectivity index (χ1) is 13.7. The molecular formula is C17H18F3N3O5S. The third-order valence-electron chi connectivity index (χ3n) is 4.12. The molecule has 29 heavy (non-hydrogen) atoms. The van der Waals surface area contributed by atoms with Crippen LogP contribution in [0.2, 0.25) is 0 Å². The summed E-state index contributed by atoms with van der Waals surface area (Å²) in [6, 6.07) is 4.64. The molecule has 1 atom stereocenters. The summed E-state index contributed by atoms with van der Waals surface area (Å²) < 4.78 is 79.5. The largest absolute Gasteiger partial charge is 0.573 e. The molecule has 3 rings (SSSR count). The summed E-state index contributed by atoms with van der Waals surface area (Å²) in [6.45, 7) is 0.0912. The SMILES string of the molecule is COc1cncc(OC2CCCN(S(=O)(=O)c3ccccc3OC(F)(F)F)C2)n1. The fourth-order valence-corrected chi connectivity index (χ4v) is 4.51.